The molecule has 0 bridgehead atoms. The third kappa shape index (κ3) is 2.44. The van der Waals surface area contributed by atoms with Crippen LogP contribution in [0.3, 0.4) is 0 Å². The summed E-state index contributed by atoms with van der Waals surface area (Å²) in [6.07, 6.45) is -0.0384. The van der Waals surface area contributed by atoms with Crippen LogP contribution in [0.4, 0.5) is 0 Å². The summed E-state index contributed by atoms with van der Waals surface area (Å²) < 4.78 is 13.3. The molecule has 2 N–H and O–H groups in total. The number of nitrogens with zero attached hydrogens (tertiary/aromatic N) is 2. The van der Waals surface area contributed by atoms with Crippen molar-refractivity contribution < 1.29 is 14.6 Å². The zero-order valence-corrected chi connectivity index (χ0v) is 12.7. The van der Waals surface area contributed by atoms with Crippen LogP contribution in [0.25, 0.3) is 0 Å². The van der Waals surface area contributed by atoms with Crippen molar-refractivity contribution in [1.29, 1.82) is 0 Å². The lowest BCUT2D eigenvalue weighted by atomic mass is 10.1. The van der Waals surface area contributed by atoms with Gasteiger partial charge in [-0.15, -0.1) is 0 Å². The van der Waals surface area contributed by atoms with Gasteiger partial charge in [0.15, 0.2) is 12.5 Å². The minimum atomic E-state index is -0.559. The number of rotatable bonds is 3. The third-order valence-corrected chi connectivity index (χ3v) is 4.39. The average molecular weight is 331 g/mol. The predicted octanol–water partition coefficient (Wildman–Crippen LogP) is -0.463. The molecule has 24 heavy (non-hydrogen) atoms. The van der Waals surface area contributed by atoms with Gasteiger partial charge >= 0.3 is 5.69 Å². The lowest BCUT2D eigenvalue weighted by Crippen LogP contribution is -2.49. The van der Waals surface area contributed by atoms with Crippen LogP contribution in [-0.4, -0.2) is 40.3 Å². The number of aliphatic hydroxyl groups excluding tert-OH is 1. The van der Waals surface area contributed by atoms with Crippen molar-refractivity contribution >= 4 is 0 Å². The van der Waals surface area contributed by atoms with Crippen molar-refractivity contribution in [3.63, 3.8) is 0 Å². The molecule has 1 aromatic carbocycles. The van der Waals surface area contributed by atoms with Gasteiger partial charge in [-0.05, 0) is 0 Å². The van der Waals surface area contributed by atoms with Crippen LogP contribution in [0.2, 0.25) is 0 Å². The first-order valence-electron chi connectivity index (χ1n) is 7.73. The van der Waals surface area contributed by atoms with Crippen molar-refractivity contribution in [2.45, 2.75) is 18.6 Å². The SMILES string of the molecule is O=c1ccn(N2C[C@H](CO)[C@H]3OC(c4ccccc4)O[C@H]32)c(=O)[nH]1. The van der Waals surface area contributed by atoms with Crippen molar-refractivity contribution in [2.24, 2.45) is 5.92 Å². The molecule has 2 fully saturated rings. The van der Waals surface area contributed by atoms with Gasteiger partial charge in [0.2, 0.25) is 0 Å². The molecule has 3 heterocycles. The predicted molar refractivity (Wildman–Crippen MR) is 83.9 cm³/mol. The summed E-state index contributed by atoms with van der Waals surface area (Å²) in [5.74, 6) is -0.192. The van der Waals surface area contributed by atoms with Crippen LogP contribution in [0.1, 0.15) is 11.9 Å². The molecule has 8 heteroatoms. The number of ether oxygens (including phenoxy) is 2. The number of benzene rings is 1. The highest BCUT2D eigenvalue weighted by atomic mass is 16.7. The van der Waals surface area contributed by atoms with Gasteiger partial charge in [-0.25, -0.2) is 9.47 Å². The summed E-state index contributed by atoms with van der Waals surface area (Å²) in [6.45, 7) is 0.305. The zero-order chi connectivity index (χ0) is 16.7. The molecule has 0 saturated carbocycles. The van der Waals surface area contributed by atoms with E-state index < -0.39 is 23.8 Å². The largest absolute Gasteiger partial charge is 0.396 e. The van der Waals surface area contributed by atoms with Gasteiger partial charge in [0.1, 0.15) is 6.10 Å². The number of aromatic amines is 1. The number of aromatic nitrogens is 2. The zero-order valence-electron chi connectivity index (χ0n) is 12.7. The van der Waals surface area contributed by atoms with Gasteiger partial charge in [-0.3, -0.25) is 14.8 Å². The molecule has 0 aliphatic carbocycles. The molecule has 0 radical (unpaired) electrons. The van der Waals surface area contributed by atoms with Gasteiger partial charge in [-0.2, -0.15) is 0 Å². The molecule has 2 aliphatic heterocycles. The number of hydrogen-bond acceptors (Lipinski definition) is 6. The monoisotopic (exact) mass is 331 g/mol. The summed E-state index contributed by atoms with van der Waals surface area (Å²) >= 11 is 0. The van der Waals surface area contributed by atoms with E-state index in [0.29, 0.717) is 6.54 Å². The van der Waals surface area contributed by atoms with Gasteiger partial charge in [0, 0.05) is 30.3 Å². The molecule has 2 aliphatic rings. The molecule has 0 amide bonds. The minimum absolute atomic E-state index is 0.0827. The van der Waals surface area contributed by atoms with Gasteiger partial charge in [-0.1, -0.05) is 30.3 Å². The third-order valence-electron chi connectivity index (χ3n) is 4.39. The lowest BCUT2D eigenvalue weighted by molar-refractivity contribution is -0.0854. The van der Waals surface area contributed by atoms with Crippen LogP contribution in [0.15, 0.2) is 52.2 Å². The Morgan fingerprint density at radius 1 is 1.17 bits per heavy atom. The fourth-order valence-corrected chi connectivity index (χ4v) is 3.23. The Bertz CT molecular complexity index is 833. The first-order valence-corrected chi connectivity index (χ1v) is 7.73. The Morgan fingerprint density at radius 3 is 2.67 bits per heavy atom. The number of hydrogen-bond donors (Lipinski definition) is 2. The van der Waals surface area contributed by atoms with E-state index in [1.165, 1.54) is 16.9 Å². The van der Waals surface area contributed by atoms with Gasteiger partial charge in [0.25, 0.3) is 5.56 Å². The van der Waals surface area contributed by atoms with E-state index in [-0.39, 0.29) is 18.6 Å². The van der Waals surface area contributed by atoms with Crippen LogP contribution in [0.5, 0.6) is 0 Å². The maximum atomic E-state index is 12.1. The molecule has 8 nitrogen and oxygen atoms in total. The maximum absolute atomic E-state index is 12.1. The van der Waals surface area contributed by atoms with E-state index in [0.717, 1.165) is 5.56 Å². The summed E-state index contributed by atoms with van der Waals surface area (Å²) in [4.78, 5) is 25.6. The van der Waals surface area contributed by atoms with E-state index in [1.807, 2.05) is 30.3 Å². The fraction of sp³-hybridized carbons (Fsp3) is 0.375. The molecule has 0 spiro atoms. The van der Waals surface area contributed by atoms with E-state index in [9.17, 15) is 14.7 Å². The Labute approximate surface area is 136 Å². The van der Waals surface area contributed by atoms with Crippen molar-refractivity contribution in [1.82, 2.24) is 9.66 Å². The number of nitrogens with one attached hydrogen (secondary N) is 1. The van der Waals surface area contributed by atoms with E-state index in [4.69, 9.17) is 9.47 Å². The number of fused-ring (bicyclic) bond motifs is 1. The van der Waals surface area contributed by atoms with E-state index in [1.54, 1.807) is 5.01 Å². The van der Waals surface area contributed by atoms with Crippen LogP contribution in [-0.2, 0) is 9.47 Å². The Kier molecular flexibility index (Phi) is 3.72. The Hall–Kier alpha value is -2.42. The van der Waals surface area contributed by atoms with Crippen molar-refractivity contribution in [3.8, 4) is 0 Å². The highest BCUT2D eigenvalue weighted by Crippen LogP contribution is 2.39. The molecular weight excluding hydrogens is 314 g/mol. The van der Waals surface area contributed by atoms with Crippen molar-refractivity contribution in [2.75, 3.05) is 18.2 Å². The normalized spacial score (nSPS) is 29.0. The Morgan fingerprint density at radius 2 is 1.96 bits per heavy atom. The minimum Gasteiger partial charge on any atom is -0.396 e. The average Bonchev–Trinajstić information content (AvgIpc) is 3.15. The van der Waals surface area contributed by atoms with Gasteiger partial charge in [0.05, 0.1) is 6.61 Å². The number of aliphatic hydroxyl groups is 1. The first kappa shape index (κ1) is 15.1. The molecule has 126 valence electrons. The molecule has 4 atom stereocenters. The fourth-order valence-electron chi connectivity index (χ4n) is 3.23. The highest BCUT2D eigenvalue weighted by molar-refractivity contribution is 5.18. The smallest absolute Gasteiger partial charge is 0.347 e. The first-order chi connectivity index (χ1) is 11.7. The molecule has 4 rings (SSSR count). The second-order valence-electron chi connectivity index (χ2n) is 5.89. The topological polar surface area (TPSA) is 96.8 Å². The summed E-state index contributed by atoms with van der Waals surface area (Å²) in [6, 6.07) is 10.8. The van der Waals surface area contributed by atoms with E-state index >= 15 is 0 Å². The second kappa shape index (κ2) is 5.90. The maximum Gasteiger partial charge on any atom is 0.347 e. The molecule has 1 unspecified atom stereocenters. The van der Waals surface area contributed by atoms with E-state index in [2.05, 4.69) is 4.98 Å². The summed E-state index contributed by atoms with van der Waals surface area (Å²) in [5, 5.41) is 11.3. The standard InChI is InChI=1S/C16H17N3O5/c20-9-11-8-19(18-7-6-12(21)17-16(18)22)14-13(11)23-15(24-14)10-4-2-1-3-5-10/h1-7,11,13-15,20H,8-9H2,(H,17,21,22)/t11-,13-,14-,15?/m1/s1. The molecule has 1 aromatic heterocycles. The molecule has 2 saturated heterocycles. The Balaban J connectivity index is 1.66. The summed E-state index contributed by atoms with van der Waals surface area (Å²) in [5.41, 5.74) is -0.139. The molecule has 2 aromatic rings. The summed E-state index contributed by atoms with van der Waals surface area (Å²) in [7, 11) is 0. The van der Waals surface area contributed by atoms with Crippen molar-refractivity contribution in [3.05, 3.63) is 69.0 Å². The second-order valence-corrected chi connectivity index (χ2v) is 5.89. The number of H-pyrrole nitrogens is 1. The van der Waals surface area contributed by atoms with Gasteiger partial charge < -0.3 is 14.6 Å². The van der Waals surface area contributed by atoms with Crippen LogP contribution < -0.4 is 16.3 Å². The van der Waals surface area contributed by atoms with Crippen LogP contribution >= 0.6 is 0 Å². The molecular formula is C16H17N3O5. The lowest BCUT2D eigenvalue weighted by Gasteiger charge is -2.26. The highest BCUT2D eigenvalue weighted by Gasteiger charge is 2.51. The van der Waals surface area contributed by atoms with Crippen LogP contribution in [0, 0.1) is 5.92 Å². The quantitative estimate of drug-likeness (QED) is 0.790.